The summed E-state index contributed by atoms with van der Waals surface area (Å²) < 4.78 is 86.9. The highest BCUT2D eigenvalue weighted by Gasteiger charge is 2.33. The van der Waals surface area contributed by atoms with Gasteiger partial charge in [0.05, 0.1) is 12.2 Å². The standard InChI is InChI=1S/C19H14F4O3S/c1-3-26-12-9-8-10-6-4-5-7-11(10)13(12)14-15(20)17(22)19(27(2,24)25)18(23)16(14)21/h4-9H,3H2,1-2H3. The van der Waals surface area contributed by atoms with Crippen molar-refractivity contribution in [2.24, 2.45) is 0 Å². The second kappa shape index (κ2) is 6.84. The van der Waals surface area contributed by atoms with Gasteiger partial charge >= 0.3 is 0 Å². The van der Waals surface area contributed by atoms with E-state index in [-0.39, 0.29) is 17.9 Å². The van der Waals surface area contributed by atoms with Crippen LogP contribution in [0.15, 0.2) is 41.3 Å². The van der Waals surface area contributed by atoms with Crippen LogP contribution in [0.2, 0.25) is 0 Å². The maximum Gasteiger partial charge on any atom is 0.181 e. The summed E-state index contributed by atoms with van der Waals surface area (Å²) in [6.45, 7) is 1.78. The van der Waals surface area contributed by atoms with Gasteiger partial charge in [-0.2, -0.15) is 0 Å². The molecule has 3 aromatic carbocycles. The molecule has 0 spiro atoms. The van der Waals surface area contributed by atoms with Gasteiger partial charge in [0.25, 0.3) is 0 Å². The predicted molar refractivity (Wildman–Crippen MR) is 93.5 cm³/mol. The number of halogens is 4. The molecule has 0 N–H and O–H groups in total. The van der Waals surface area contributed by atoms with Crippen molar-refractivity contribution in [1.82, 2.24) is 0 Å². The zero-order valence-corrected chi connectivity index (χ0v) is 15.1. The van der Waals surface area contributed by atoms with Crippen molar-refractivity contribution < 1.29 is 30.7 Å². The van der Waals surface area contributed by atoms with Crippen LogP contribution in [-0.4, -0.2) is 21.3 Å². The minimum atomic E-state index is -4.53. The first-order valence-electron chi connectivity index (χ1n) is 7.89. The van der Waals surface area contributed by atoms with Crippen LogP contribution in [-0.2, 0) is 9.84 Å². The molecule has 0 aliphatic heterocycles. The molecule has 0 aliphatic carbocycles. The number of hydrogen-bond acceptors (Lipinski definition) is 3. The summed E-state index contributed by atoms with van der Waals surface area (Å²) in [6.07, 6.45) is 0.469. The first-order valence-corrected chi connectivity index (χ1v) is 9.78. The van der Waals surface area contributed by atoms with E-state index in [0.29, 0.717) is 17.0 Å². The minimum absolute atomic E-state index is 0.0138. The van der Waals surface area contributed by atoms with Crippen LogP contribution >= 0.6 is 0 Å². The Morgan fingerprint density at radius 1 is 0.852 bits per heavy atom. The second-order valence-electron chi connectivity index (χ2n) is 5.83. The lowest BCUT2D eigenvalue weighted by molar-refractivity contribution is 0.341. The Labute approximate surface area is 153 Å². The Balaban J connectivity index is 2.51. The fourth-order valence-electron chi connectivity index (χ4n) is 2.94. The van der Waals surface area contributed by atoms with Gasteiger partial charge in [0.15, 0.2) is 33.1 Å². The molecule has 0 amide bonds. The highest BCUT2D eigenvalue weighted by molar-refractivity contribution is 7.90. The second-order valence-corrected chi connectivity index (χ2v) is 7.78. The molecule has 0 saturated carbocycles. The number of rotatable bonds is 4. The number of ether oxygens (including phenoxy) is 1. The maximum absolute atomic E-state index is 14.8. The predicted octanol–water partition coefficient (Wildman–Crippen LogP) is 4.87. The largest absolute Gasteiger partial charge is 0.493 e. The smallest absolute Gasteiger partial charge is 0.181 e. The van der Waals surface area contributed by atoms with Crippen LogP contribution in [0.4, 0.5) is 17.6 Å². The zero-order valence-electron chi connectivity index (χ0n) is 14.3. The normalized spacial score (nSPS) is 11.8. The summed E-state index contributed by atoms with van der Waals surface area (Å²) in [4.78, 5) is -1.64. The summed E-state index contributed by atoms with van der Waals surface area (Å²) in [5.41, 5.74) is -1.21. The Morgan fingerprint density at radius 2 is 1.44 bits per heavy atom. The topological polar surface area (TPSA) is 43.4 Å². The molecule has 8 heteroatoms. The first-order chi connectivity index (χ1) is 12.7. The van der Waals surface area contributed by atoms with Crippen molar-refractivity contribution in [2.45, 2.75) is 11.8 Å². The van der Waals surface area contributed by atoms with E-state index in [2.05, 4.69) is 0 Å². The monoisotopic (exact) mass is 398 g/mol. The Morgan fingerprint density at radius 3 is 2.00 bits per heavy atom. The number of sulfone groups is 1. The molecule has 3 nitrogen and oxygen atoms in total. The van der Waals surface area contributed by atoms with Crippen LogP contribution in [0.1, 0.15) is 6.92 Å². The third kappa shape index (κ3) is 3.14. The fourth-order valence-corrected chi connectivity index (χ4v) is 3.77. The van der Waals surface area contributed by atoms with E-state index in [0.717, 1.165) is 0 Å². The molecule has 142 valence electrons. The third-order valence-corrected chi connectivity index (χ3v) is 5.13. The van der Waals surface area contributed by atoms with Gasteiger partial charge in [0, 0.05) is 11.8 Å². The van der Waals surface area contributed by atoms with Gasteiger partial charge in [0.2, 0.25) is 0 Å². The number of hydrogen-bond donors (Lipinski definition) is 0. The molecule has 0 radical (unpaired) electrons. The van der Waals surface area contributed by atoms with Gasteiger partial charge in [-0.25, -0.2) is 26.0 Å². The average molecular weight is 398 g/mol. The molecule has 3 rings (SSSR count). The van der Waals surface area contributed by atoms with Crippen molar-refractivity contribution in [2.75, 3.05) is 12.9 Å². The molecule has 0 heterocycles. The van der Waals surface area contributed by atoms with E-state index >= 15 is 0 Å². The molecular formula is C19H14F4O3S. The Hall–Kier alpha value is -2.61. The third-order valence-electron chi connectivity index (χ3n) is 4.03. The quantitative estimate of drug-likeness (QED) is 0.465. The SMILES string of the molecule is CCOc1ccc2ccccc2c1-c1c(F)c(F)c(S(C)(=O)=O)c(F)c1F. The maximum atomic E-state index is 14.8. The van der Waals surface area contributed by atoms with E-state index in [1.165, 1.54) is 12.1 Å². The lowest BCUT2D eigenvalue weighted by Crippen LogP contribution is -2.11. The van der Waals surface area contributed by atoms with Crippen molar-refractivity contribution in [3.8, 4) is 16.9 Å². The summed E-state index contributed by atoms with van der Waals surface area (Å²) in [5.74, 6) is -7.53. The van der Waals surface area contributed by atoms with Crippen molar-refractivity contribution in [3.63, 3.8) is 0 Å². The van der Waals surface area contributed by atoms with E-state index in [4.69, 9.17) is 4.74 Å². The molecule has 0 aromatic heterocycles. The van der Waals surface area contributed by atoms with Crippen molar-refractivity contribution in [1.29, 1.82) is 0 Å². The van der Waals surface area contributed by atoms with Gasteiger partial charge in [0.1, 0.15) is 10.6 Å². The van der Waals surface area contributed by atoms with Gasteiger partial charge in [-0.15, -0.1) is 0 Å². The van der Waals surface area contributed by atoms with E-state index in [1.807, 2.05) is 0 Å². The van der Waals surface area contributed by atoms with Gasteiger partial charge in [-0.05, 0) is 23.8 Å². The lowest BCUT2D eigenvalue weighted by Gasteiger charge is -2.17. The Kier molecular flexibility index (Phi) is 4.86. The molecule has 3 aromatic rings. The van der Waals surface area contributed by atoms with Crippen LogP contribution in [0.25, 0.3) is 21.9 Å². The lowest BCUT2D eigenvalue weighted by atomic mass is 9.96. The van der Waals surface area contributed by atoms with Crippen LogP contribution in [0.5, 0.6) is 5.75 Å². The molecule has 0 unspecified atom stereocenters. The molecule has 0 bridgehead atoms. The van der Waals surface area contributed by atoms with Gasteiger partial charge in [-0.1, -0.05) is 30.3 Å². The first kappa shape index (κ1) is 19.2. The molecular weight excluding hydrogens is 384 g/mol. The summed E-state index contributed by atoms with van der Waals surface area (Å²) in [5, 5.41) is 0.856. The fraction of sp³-hybridized carbons (Fsp3) is 0.158. The van der Waals surface area contributed by atoms with Crippen LogP contribution in [0, 0.1) is 23.3 Å². The average Bonchev–Trinajstić information content (AvgIpc) is 2.61. The molecule has 0 atom stereocenters. The van der Waals surface area contributed by atoms with E-state index < -0.39 is 43.6 Å². The van der Waals surface area contributed by atoms with Gasteiger partial charge < -0.3 is 4.74 Å². The molecule has 0 fully saturated rings. The van der Waals surface area contributed by atoms with Crippen molar-refractivity contribution >= 4 is 20.6 Å². The zero-order chi connectivity index (χ0) is 19.9. The summed E-state index contributed by atoms with van der Waals surface area (Å²) >= 11 is 0. The van der Waals surface area contributed by atoms with Crippen molar-refractivity contribution in [3.05, 3.63) is 59.7 Å². The van der Waals surface area contributed by atoms with E-state index in [1.54, 1.807) is 31.2 Å². The summed E-state index contributed by atoms with van der Waals surface area (Å²) in [6, 6.07) is 9.52. The highest BCUT2D eigenvalue weighted by atomic mass is 32.2. The Bertz CT molecular complexity index is 1130. The van der Waals surface area contributed by atoms with Crippen LogP contribution in [0.3, 0.4) is 0 Å². The van der Waals surface area contributed by atoms with Gasteiger partial charge in [-0.3, -0.25) is 0 Å². The highest BCUT2D eigenvalue weighted by Crippen LogP contribution is 2.42. The molecule has 0 aliphatic rings. The minimum Gasteiger partial charge on any atom is -0.493 e. The number of fused-ring (bicyclic) bond motifs is 1. The number of benzene rings is 3. The molecule has 27 heavy (non-hydrogen) atoms. The van der Waals surface area contributed by atoms with Crippen LogP contribution < -0.4 is 4.74 Å². The summed E-state index contributed by atoms with van der Waals surface area (Å²) in [7, 11) is -4.53. The molecule has 0 saturated heterocycles. The van der Waals surface area contributed by atoms with E-state index in [9.17, 15) is 26.0 Å².